The summed E-state index contributed by atoms with van der Waals surface area (Å²) in [5.41, 5.74) is 0. The summed E-state index contributed by atoms with van der Waals surface area (Å²) in [4.78, 5) is 23.5. The molecule has 0 aromatic rings. The molecule has 0 aliphatic heterocycles. The molecule has 0 aromatic heterocycles. The van der Waals surface area contributed by atoms with Crippen LogP contribution in [0.25, 0.3) is 0 Å². The normalized spacial score (nSPS) is 12.0. The number of carbonyl (C=O) groups is 2. The van der Waals surface area contributed by atoms with Crippen LogP contribution in [0, 0.1) is 0 Å². The zero-order valence-electron chi connectivity index (χ0n) is 36.4. The summed E-state index contributed by atoms with van der Waals surface area (Å²) in [5, 5.41) is 8.85. The molecule has 0 amide bonds. The van der Waals surface area contributed by atoms with E-state index in [0.29, 0.717) is 6.42 Å². The van der Waals surface area contributed by atoms with E-state index < -0.39 is 5.97 Å². The minimum atomic E-state index is -0.695. The maximum absolute atomic E-state index is 12.7. The number of rotatable bonds is 46. The molecule has 0 bridgehead atoms. The van der Waals surface area contributed by atoms with E-state index in [9.17, 15) is 9.59 Å². The summed E-state index contributed by atoms with van der Waals surface area (Å²) in [6.45, 7) is 4.58. The van der Waals surface area contributed by atoms with Gasteiger partial charge in [0.15, 0.2) is 0 Å². The van der Waals surface area contributed by atoms with Crippen molar-refractivity contribution in [3.05, 3.63) is 0 Å². The van der Waals surface area contributed by atoms with E-state index in [1.54, 1.807) is 0 Å². The van der Waals surface area contributed by atoms with Crippen molar-refractivity contribution in [3.63, 3.8) is 0 Å². The average molecular weight is 749 g/mol. The fourth-order valence-electron chi connectivity index (χ4n) is 7.95. The molecule has 4 nitrogen and oxygen atoms in total. The summed E-state index contributed by atoms with van der Waals surface area (Å²) >= 11 is 0. The molecule has 4 heteroatoms. The van der Waals surface area contributed by atoms with Gasteiger partial charge in [-0.15, -0.1) is 0 Å². The van der Waals surface area contributed by atoms with Gasteiger partial charge in [-0.1, -0.05) is 245 Å². The van der Waals surface area contributed by atoms with E-state index in [2.05, 4.69) is 13.8 Å². The third-order valence-electron chi connectivity index (χ3n) is 11.6. The third-order valence-corrected chi connectivity index (χ3v) is 11.6. The standard InChI is InChI=1S/C49H96O4/c1-3-5-7-9-11-13-15-16-17-18-19-20-21-22-23-24-25-26-27-29-31-33-38-42-46-49(52)53-47(44-40-36-34-37-41-45-48(50)51)43-39-35-32-30-28-14-12-10-8-6-4-2/h47H,3-46H2,1-2H3,(H,50,51). The minimum Gasteiger partial charge on any atom is -0.481 e. The number of ether oxygens (including phenoxy) is 1. The van der Waals surface area contributed by atoms with Crippen LogP contribution < -0.4 is 0 Å². The number of carbonyl (C=O) groups excluding carboxylic acids is 1. The van der Waals surface area contributed by atoms with E-state index in [-0.39, 0.29) is 18.5 Å². The molecule has 0 fully saturated rings. The molecule has 53 heavy (non-hydrogen) atoms. The van der Waals surface area contributed by atoms with Gasteiger partial charge in [0.1, 0.15) is 6.10 Å². The van der Waals surface area contributed by atoms with E-state index in [0.717, 1.165) is 64.2 Å². The number of esters is 1. The average Bonchev–Trinajstić information content (AvgIpc) is 3.14. The quantitative estimate of drug-likeness (QED) is 0.0497. The fraction of sp³-hybridized carbons (Fsp3) is 0.959. The second kappa shape index (κ2) is 45.3. The molecule has 1 N–H and O–H groups in total. The Labute approximate surface area is 332 Å². The Bertz CT molecular complexity index is 721. The van der Waals surface area contributed by atoms with Crippen LogP contribution in [0.2, 0.25) is 0 Å². The third kappa shape index (κ3) is 45.2. The molecule has 0 radical (unpaired) electrons. The van der Waals surface area contributed by atoms with Gasteiger partial charge in [0.05, 0.1) is 0 Å². The molecule has 0 saturated carbocycles. The Morgan fingerprint density at radius 3 is 0.830 bits per heavy atom. The predicted molar refractivity (Wildman–Crippen MR) is 232 cm³/mol. The van der Waals surface area contributed by atoms with Gasteiger partial charge in [-0.3, -0.25) is 9.59 Å². The molecule has 0 aliphatic carbocycles. The molecule has 0 rings (SSSR count). The van der Waals surface area contributed by atoms with E-state index >= 15 is 0 Å². The molecule has 316 valence electrons. The van der Waals surface area contributed by atoms with Crippen LogP contribution in [-0.4, -0.2) is 23.1 Å². The van der Waals surface area contributed by atoms with Crippen molar-refractivity contribution >= 4 is 11.9 Å². The molecule has 1 atom stereocenters. The lowest BCUT2D eigenvalue weighted by Gasteiger charge is -2.18. The first-order chi connectivity index (χ1) is 26.1. The lowest BCUT2D eigenvalue weighted by atomic mass is 10.0. The molecule has 0 spiro atoms. The lowest BCUT2D eigenvalue weighted by Crippen LogP contribution is -2.18. The van der Waals surface area contributed by atoms with Crippen molar-refractivity contribution in [3.8, 4) is 0 Å². The predicted octanol–water partition coefficient (Wildman–Crippen LogP) is 17.2. The van der Waals surface area contributed by atoms with Crippen molar-refractivity contribution in [2.24, 2.45) is 0 Å². The molecule has 0 aromatic carbocycles. The largest absolute Gasteiger partial charge is 0.481 e. The van der Waals surface area contributed by atoms with Crippen molar-refractivity contribution in [1.82, 2.24) is 0 Å². The number of carboxylic acids is 1. The topological polar surface area (TPSA) is 63.6 Å². The van der Waals surface area contributed by atoms with Gasteiger partial charge in [-0.2, -0.15) is 0 Å². The summed E-state index contributed by atoms with van der Waals surface area (Å²) < 4.78 is 6.04. The van der Waals surface area contributed by atoms with Crippen molar-refractivity contribution in [1.29, 1.82) is 0 Å². The summed E-state index contributed by atoms with van der Waals surface area (Å²) in [5.74, 6) is -0.682. The van der Waals surface area contributed by atoms with Crippen molar-refractivity contribution in [2.45, 2.75) is 302 Å². The van der Waals surface area contributed by atoms with Gasteiger partial charge in [-0.25, -0.2) is 0 Å². The number of hydrogen-bond acceptors (Lipinski definition) is 3. The van der Waals surface area contributed by atoms with Crippen LogP contribution in [0.3, 0.4) is 0 Å². The van der Waals surface area contributed by atoms with Gasteiger partial charge < -0.3 is 9.84 Å². The minimum absolute atomic E-state index is 0.0123. The zero-order valence-corrected chi connectivity index (χ0v) is 36.4. The second-order valence-corrected chi connectivity index (χ2v) is 17.0. The van der Waals surface area contributed by atoms with Gasteiger partial charge in [0.2, 0.25) is 0 Å². The number of aliphatic carboxylic acids is 1. The first-order valence-electron chi connectivity index (χ1n) is 24.5. The van der Waals surface area contributed by atoms with E-state index in [1.165, 1.54) is 205 Å². The second-order valence-electron chi connectivity index (χ2n) is 17.0. The molecule has 0 aliphatic rings. The lowest BCUT2D eigenvalue weighted by molar-refractivity contribution is -0.150. The monoisotopic (exact) mass is 749 g/mol. The van der Waals surface area contributed by atoms with E-state index in [1.807, 2.05) is 0 Å². The van der Waals surface area contributed by atoms with Crippen LogP contribution in [0.4, 0.5) is 0 Å². The van der Waals surface area contributed by atoms with Crippen LogP contribution in [0.1, 0.15) is 296 Å². The number of unbranched alkanes of at least 4 members (excludes halogenated alkanes) is 37. The smallest absolute Gasteiger partial charge is 0.306 e. The molecule has 0 saturated heterocycles. The first-order valence-corrected chi connectivity index (χ1v) is 24.5. The molecule has 1 unspecified atom stereocenters. The number of carboxylic acid groups (broad SMARTS) is 1. The summed E-state index contributed by atoms with van der Waals surface area (Å²) in [6, 6.07) is 0. The molecule has 0 heterocycles. The number of hydrogen-bond donors (Lipinski definition) is 1. The zero-order chi connectivity index (χ0) is 38.6. The Morgan fingerprint density at radius 1 is 0.340 bits per heavy atom. The molecular formula is C49H96O4. The molecular weight excluding hydrogens is 653 g/mol. The Balaban J connectivity index is 3.77. The Morgan fingerprint density at radius 2 is 0.566 bits per heavy atom. The van der Waals surface area contributed by atoms with Crippen molar-refractivity contribution in [2.75, 3.05) is 0 Å². The van der Waals surface area contributed by atoms with Crippen LogP contribution in [-0.2, 0) is 14.3 Å². The SMILES string of the molecule is CCCCCCCCCCCCCCCCCCCCCCCCCCC(=O)OC(CCCCCCCCCCCCC)CCCCCCCC(=O)O. The van der Waals surface area contributed by atoms with Crippen LogP contribution >= 0.6 is 0 Å². The van der Waals surface area contributed by atoms with Gasteiger partial charge in [0, 0.05) is 12.8 Å². The van der Waals surface area contributed by atoms with Crippen LogP contribution in [0.15, 0.2) is 0 Å². The van der Waals surface area contributed by atoms with Gasteiger partial charge >= 0.3 is 11.9 Å². The first kappa shape index (κ1) is 51.9. The Kier molecular flexibility index (Phi) is 44.4. The highest BCUT2D eigenvalue weighted by Crippen LogP contribution is 2.20. The maximum Gasteiger partial charge on any atom is 0.306 e. The van der Waals surface area contributed by atoms with Crippen LogP contribution in [0.5, 0.6) is 0 Å². The summed E-state index contributed by atoms with van der Waals surface area (Å²) in [6.07, 6.45) is 55.9. The van der Waals surface area contributed by atoms with E-state index in [4.69, 9.17) is 9.84 Å². The Hall–Kier alpha value is -1.06. The highest BCUT2D eigenvalue weighted by Gasteiger charge is 2.14. The highest BCUT2D eigenvalue weighted by molar-refractivity contribution is 5.69. The summed E-state index contributed by atoms with van der Waals surface area (Å²) in [7, 11) is 0. The van der Waals surface area contributed by atoms with Gasteiger partial charge in [0.25, 0.3) is 0 Å². The maximum atomic E-state index is 12.7. The highest BCUT2D eigenvalue weighted by atomic mass is 16.5. The van der Waals surface area contributed by atoms with Crippen molar-refractivity contribution < 1.29 is 19.4 Å². The van der Waals surface area contributed by atoms with Gasteiger partial charge in [-0.05, 0) is 38.5 Å². The fourth-order valence-corrected chi connectivity index (χ4v) is 7.95.